The summed E-state index contributed by atoms with van der Waals surface area (Å²) in [5.41, 5.74) is 0.959. The van der Waals surface area contributed by atoms with E-state index in [2.05, 4.69) is 31.4 Å². The Morgan fingerprint density at radius 1 is 1.48 bits per heavy atom. The van der Waals surface area contributed by atoms with Crippen LogP contribution in [0.5, 0.6) is 0 Å². The molecule has 0 saturated carbocycles. The van der Waals surface area contributed by atoms with Gasteiger partial charge in [-0.2, -0.15) is 10.2 Å². The molecule has 1 N–H and O–H groups in total. The molecule has 2 aromatic rings. The predicted octanol–water partition coefficient (Wildman–Crippen LogP) is 2.47. The number of amides is 1. The molecule has 2 rings (SSSR count). The summed E-state index contributed by atoms with van der Waals surface area (Å²) in [5, 5.41) is 11.8. The van der Waals surface area contributed by atoms with Gasteiger partial charge in [-0.25, -0.2) is 0 Å². The summed E-state index contributed by atoms with van der Waals surface area (Å²) < 4.78 is 4.41. The van der Waals surface area contributed by atoms with Crippen molar-refractivity contribution in [2.24, 2.45) is 5.92 Å². The van der Waals surface area contributed by atoms with Crippen molar-refractivity contribution in [3.05, 3.63) is 33.8 Å². The first-order valence-corrected chi connectivity index (χ1v) is 7.84. The van der Waals surface area contributed by atoms with Crippen molar-refractivity contribution < 1.29 is 4.79 Å². The highest BCUT2D eigenvalue weighted by atomic mass is 79.9. The number of hydrogen-bond donors (Lipinski definition) is 1. The van der Waals surface area contributed by atoms with Crippen LogP contribution >= 0.6 is 27.5 Å². The van der Waals surface area contributed by atoms with Crippen LogP contribution in [-0.4, -0.2) is 25.5 Å². The van der Waals surface area contributed by atoms with E-state index in [1.807, 2.05) is 18.5 Å². The minimum Gasteiger partial charge on any atom is -0.350 e. The SMILES string of the molecule is CCn1ncc(Br)c1CNC(=O)C(C)Cn1cc(Cl)cn1. The van der Waals surface area contributed by atoms with Crippen LogP contribution in [0.3, 0.4) is 0 Å². The molecule has 0 aliphatic carbocycles. The van der Waals surface area contributed by atoms with E-state index in [0.29, 0.717) is 18.1 Å². The highest BCUT2D eigenvalue weighted by Gasteiger charge is 2.15. The van der Waals surface area contributed by atoms with Crippen molar-refractivity contribution in [1.29, 1.82) is 0 Å². The average Bonchev–Trinajstić information content (AvgIpc) is 3.02. The fraction of sp³-hybridized carbons (Fsp3) is 0.462. The van der Waals surface area contributed by atoms with Gasteiger partial charge in [-0.05, 0) is 22.9 Å². The van der Waals surface area contributed by atoms with E-state index in [4.69, 9.17) is 11.6 Å². The van der Waals surface area contributed by atoms with Crippen LogP contribution in [-0.2, 0) is 24.4 Å². The van der Waals surface area contributed by atoms with Crippen LogP contribution in [0, 0.1) is 5.92 Å². The molecule has 1 amide bonds. The zero-order chi connectivity index (χ0) is 15.4. The minimum atomic E-state index is -0.197. The van der Waals surface area contributed by atoms with Crippen LogP contribution in [0.4, 0.5) is 0 Å². The third kappa shape index (κ3) is 4.07. The van der Waals surface area contributed by atoms with Crippen LogP contribution in [0.25, 0.3) is 0 Å². The fourth-order valence-corrected chi connectivity index (χ4v) is 2.58. The summed E-state index contributed by atoms with van der Waals surface area (Å²) in [6, 6.07) is 0. The molecule has 0 saturated heterocycles. The lowest BCUT2D eigenvalue weighted by atomic mass is 10.1. The van der Waals surface area contributed by atoms with Crippen molar-refractivity contribution in [1.82, 2.24) is 24.9 Å². The van der Waals surface area contributed by atoms with E-state index in [1.165, 1.54) is 0 Å². The Morgan fingerprint density at radius 3 is 2.86 bits per heavy atom. The molecule has 114 valence electrons. The molecule has 2 heterocycles. The molecular weight excluding hydrogens is 358 g/mol. The standard InChI is InChI=1S/C13H17BrClN5O/c1-3-20-12(11(14)5-18-20)6-16-13(21)9(2)7-19-8-10(15)4-17-19/h4-5,8-9H,3,6-7H2,1-2H3,(H,16,21). The van der Waals surface area contributed by atoms with Gasteiger partial charge in [-0.1, -0.05) is 18.5 Å². The Labute approximate surface area is 136 Å². The number of aryl methyl sites for hydroxylation is 1. The molecule has 1 atom stereocenters. The molecule has 0 aliphatic heterocycles. The quantitative estimate of drug-likeness (QED) is 0.845. The van der Waals surface area contributed by atoms with Crippen molar-refractivity contribution in [3.63, 3.8) is 0 Å². The normalized spacial score (nSPS) is 12.4. The Kier molecular flexibility index (Phi) is 5.41. The van der Waals surface area contributed by atoms with E-state index in [-0.39, 0.29) is 11.8 Å². The lowest BCUT2D eigenvalue weighted by molar-refractivity contribution is -0.125. The Morgan fingerprint density at radius 2 is 2.24 bits per heavy atom. The molecule has 0 bridgehead atoms. The van der Waals surface area contributed by atoms with Gasteiger partial charge in [0.1, 0.15) is 0 Å². The molecule has 6 nitrogen and oxygen atoms in total. The van der Waals surface area contributed by atoms with Crippen LogP contribution in [0.1, 0.15) is 19.5 Å². The van der Waals surface area contributed by atoms with E-state index in [1.54, 1.807) is 23.3 Å². The molecule has 0 spiro atoms. The number of halogens is 2. The largest absolute Gasteiger partial charge is 0.350 e. The maximum Gasteiger partial charge on any atom is 0.225 e. The third-order valence-corrected chi connectivity index (χ3v) is 4.00. The van der Waals surface area contributed by atoms with Gasteiger partial charge in [0.25, 0.3) is 0 Å². The van der Waals surface area contributed by atoms with Crippen molar-refractivity contribution in [3.8, 4) is 0 Å². The van der Waals surface area contributed by atoms with E-state index >= 15 is 0 Å². The van der Waals surface area contributed by atoms with E-state index < -0.39 is 0 Å². The van der Waals surface area contributed by atoms with Gasteiger partial charge in [0.15, 0.2) is 0 Å². The second-order valence-electron chi connectivity index (χ2n) is 4.75. The second-order valence-corrected chi connectivity index (χ2v) is 6.05. The van der Waals surface area contributed by atoms with Gasteiger partial charge in [-0.15, -0.1) is 0 Å². The fourth-order valence-electron chi connectivity index (χ4n) is 1.98. The van der Waals surface area contributed by atoms with Gasteiger partial charge < -0.3 is 5.32 Å². The topological polar surface area (TPSA) is 64.7 Å². The van der Waals surface area contributed by atoms with Crippen molar-refractivity contribution in [2.75, 3.05) is 0 Å². The number of rotatable bonds is 6. The number of carbonyl (C=O) groups is 1. The number of aromatic nitrogens is 4. The molecule has 8 heteroatoms. The number of hydrogen-bond acceptors (Lipinski definition) is 3. The molecule has 0 aliphatic rings. The van der Waals surface area contributed by atoms with Crippen LogP contribution in [0.2, 0.25) is 5.02 Å². The molecule has 21 heavy (non-hydrogen) atoms. The summed E-state index contributed by atoms with van der Waals surface area (Å²) in [7, 11) is 0. The molecular formula is C13H17BrClN5O. The maximum atomic E-state index is 12.1. The Hall–Kier alpha value is -1.34. The first-order chi connectivity index (χ1) is 10.0. The van der Waals surface area contributed by atoms with Gasteiger partial charge in [0.05, 0.1) is 46.6 Å². The van der Waals surface area contributed by atoms with Crippen LogP contribution in [0.15, 0.2) is 23.1 Å². The van der Waals surface area contributed by atoms with Crippen molar-refractivity contribution in [2.45, 2.75) is 33.5 Å². The summed E-state index contributed by atoms with van der Waals surface area (Å²) in [6.07, 6.45) is 5.00. The van der Waals surface area contributed by atoms with Gasteiger partial charge in [-0.3, -0.25) is 14.2 Å². The van der Waals surface area contributed by atoms with Crippen LogP contribution < -0.4 is 5.32 Å². The summed E-state index contributed by atoms with van der Waals surface area (Å²) in [4.78, 5) is 12.1. The lowest BCUT2D eigenvalue weighted by Crippen LogP contribution is -2.32. The first kappa shape index (κ1) is 16.0. The predicted molar refractivity (Wildman–Crippen MR) is 83.8 cm³/mol. The molecule has 0 fully saturated rings. The van der Waals surface area contributed by atoms with E-state index in [9.17, 15) is 4.79 Å². The average molecular weight is 375 g/mol. The van der Waals surface area contributed by atoms with Crippen molar-refractivity contribution >= 4 is 33.4 Å². The smallest absolute Gasteiger partial charge is 0.225 e. The number of carbonyl (C=O) groups excluding carboxylic acids is 1. The van der Waals surface area contributed by atoms with Gasteiger partial charge >= 0.3 is 0 Å². The minimum absolute atomic E-state index is 0.0302. The Bertz CT molecular complexity index is 624. The van der Waals surface area contributed by atoms with Gasteiger partial charge in [0.2, 0.25) is 5.91 Å². The molecule has 2 aromatic heterocycles. The zero-order valence-corrected chi connectivity index (χ0v) is 14.2. The highest BCUT2D eigenvalue weighted by Crippen LogP contribution is 2.16. The summed E-state index contributed by atoms with van der Waals surface area (Å²) >= 11 is 9.24. The third-order valence-electron chi connectivity index (χ3n) is 3.14. The number of nitrogens with one attached hydrogen (secondary N) is 1. The lowest BCUT2D eigenvalue weighted by Gasteiger charge is -2.13. The number of nitrogens with zero attached hydrogens (tertiary/aromatic N) is 4. The molecule has 1 unspecified atom stereocenters. The summed E-state index contributed by atoms with van der Waals surface area (Å²) in [6.45, 7) is 5.56. The monoisotopic (exact) mass is 373 g/mol. The first-order valence-electron chi connectivity index (χ1n) is 6.67. The second kappa shape index (κ2) is 7.09. The Balaban J connectivity index is 1.90. The molecule has 0 aromatic carbocycles. The zero-order valence-electron chi connectivity index (χ0n) is 11.9. The van der Waals surface area contributed by atoms with E-state index in [0.717, 1.165) is 16.7 Å². The summed E-state index contributed by atoms with van der Waals surface area (Å²) in [5.74, 6) is -0.227. The maximum absolute atomic E-state index is 12.1. The highest BCUT2D eigenvalue weighted by molar-refractivity contribution is 9.10. The molecule has 0 radical (unpaired) electrons. The van der Waals surface area contributed by atoms with Gasteiger partial charge in [0, 0.05) is 12.7 Å².